The molecule has 0 aliphatic heterocycles. The highest BCUT2D eigenvalue weighted by atomic mass is 16.6. The Balaban J connectivity index is 2.06. The number of carbonyl (C=O) groups is 1. The lowest BCUT2D eigenvalue weighted by Gasteiger charge is -2.23. The lowest BCUT2D eigenvalue weighted by atomic mass is 9.96. The van der Waals surface area contributed by atoms with Crippen molar-refractivity contribution >= 4 is 17.5 Å². The number of nitrogens with one attached hydrogen (secondary N) is 2. The highest BCUT2D eigenvalue weighted by Gasteiger charge is 2.18. The van der Waals surface area contributed by atoms with Gasteiger partial charge in [-0.15, -0.1) is 0 Å². The van der Waals surface area contributed by atoms with Crippen LogP contribution in [0.25, 0.3) is 0 Å². The molecular formula is C20H32N2O3. The molecule has 1 aromatic carbocycles. The Kier molecular flexibility index (Phi) is 6.97. The average molecular weight is 348 g/mol. The molecule has 25 heavy (non-hydrogen) atoms. The van der Waals surface area contributed by atoms with Gasteiger partial charge in [-0.05, 0) is 51.8 Å². The van der Waals surface area contributed by atoms with Crippen molar-refractivity contribution in [3.8, 4) is 5.75 Å². The van der Waals surface area contributed by atoms with Gasteiger partial charge in [-0.1, -0.05) is 32.1 Å². The highest BCUT2D eigenvalue weighted by molar-refractivity contribution is 5.88. The van der Waals surface area contributed by atoms with Gasteiger partial charge in [-0.3, -0.25) is 5.32 Å². The van der Waals surface area contributed by atoms with E-state index in [-0.39, 0.29) is 0 Å². The Morgan fingerprint density at radius 1 is 1.08 bits per heavy atom. The molecular weight excluding hydrogens is 316 g/mol. The number of rotatable bonds is 4. The van der Waals surface area contributed by atoms with E-state index in [0.29, 0.717) is 17.5 Å². The summed E-state index contributed by atoms with van der Waals surface area (Å²) < 4.78 is 10.7. The number of hydrogen-bond acceptors (Lipinski definition) is 4. The summed E-state index contributed by atoms with van der Waals surface area (Å²) in [6.07, 6.45) is 8.47. The summed E-state index contributed by atoms with van der Waals surface area (Å²) in [5.41, 5.74) is 1.08. The first-order valence-electron chi connectivity index (χ1n) is 9.32. The molecule has 0 bridgehead atoms. The molecule has 0 spiro atoms. The van der Waals surface area contributed by atoms with Crippen LogP contribution < -0.4 is 15.4 Å². The molecule has 1 aliphatic rings. The van der Waals surface area contributed by atoms with Crippen molar-refractivity contribution < 1.29 is 14.3 Å². The first kappa shape index (κ1) is 19.4. The summed E-state index contributed by atoms with van der Waals surface area (Å²) in [5.74, 6) is 0.620. The van der Waals surface area contributed by atoms with Crippen LogP contribution in [0, 0.1) is 0 Å². The zero-order valence-electron chi connectivity index (χ0n) is 16.0. The standard InChI is InChI=1S/C20H32N2O3/c1-20(2,3)25-19(23)22-17-14-16(12-13-18(17)24-4)21-15-10-8-6-5-7-9-11-15/h12-15,21H,5-11H2,1-4H3,(H,22,23). The second-order valence-electron chi connectivity index (χ2n) is 7.73. The van der Waals surface area contributed by atoms with E-state index < -0.39 is 11.7 Å². The molecule has 0 unspecified atom stereocenters. The summed E-state index contributed by atoms with van der Waals surface area (Å²) in [7, 11) is 1.59. The van der Waals surface area contributed by atoms with Gasteiger partial charge in [-0.25, -0.2) is 4.79 Å². The van der Waals surface area contributed by atoms with E-state index in [1.165, 1.54) is 44.9 Å². The second kappa shape index (κ2) is 8.97. The van der Waals surface area contributed by atoms with Crippen LogP contribution in [0.15, 0.2) is 18.2 Å². The molecule has 2 N–H and O–H groups in total. The van der Waals surface area contributed by atoms with Gasteiger partial charge in [0.2, 0.25) is 0 Å². The number of benzene rings is 1. The van der Waals surface area contributed by atoms with Crippen LogP contribution in [0.5, 0.6) is 5.75 Å². The summed E-state index contributed by atoms with van der Waals surface area (Å²) >= 11 is 0. The van der Waals surface area contributed by atoms with Crippen molar-refractivity contribution in [3.63, 3.8) is 0 Å². The van der Waals surface area contributed by atoms with Crippen LogP contribution in [0.2, 0.25) is 0 Å². The Bertz CT molecular complexity index is 559. The lowest BCUT2D eigenvalue weighted by Crippen LogP contribution is -2.27. The summed E-state index contributed by atoms with van der Waals surface area (Å²) in [5, 5.41) is 6.41. The SMILES string of the molecule is COc1ccc(NC2CCCCCCC2)cc1NC(=O)OC(C)(C)C. The van der Waals surface area contributed by atoms with E-state index in [1.54, 1.807) is 7.11 Å². The molecule has 1 amide bonds. The quantitative estimate of drug-likeness (QED) is 0.747. The number of anilines is 2. The molecule has 0 atom stereocenters. The third-order valence-electron chi connectivity index (χ3n) is 4.31. The molecule has 1 aromatic rings. The minimum atomic E-state index is -0.536. The van der Waals surface area contributed by atoms with E-state index in [9.17, 15) is 4.79 Å². The van der Waals surface area contributed by atoms with Gasteiger partial charge in [-0.2, -0.15) is 0 Å². The van der Waals surface area contributed by atoms with Crippen molar-refractivity contribution in [1.29, 1.82) is 0 Å². The number of hydrogen-bond donors (Lipinski definition) is 2. The molecule has 140 valence electrons. The van der Waals surface area contributed by atoms with E-state index in [0.717, 1.165) is 5.69 Å². The summed E-state index contributed by atoms with van der Waals surface area (Å²) in [4.78, 5) is 12.1. The Labute approximate surface area is 151 Å². The number of methoxy groups -OCH3 is 1. The van der Waals surface area contributed by atoms with Gasteiger partial charge in [0.25, 0.3) is 0 Å². The van der Waals surface area contributed by atoms with Gasteiger partial charge >= 0.3 is 6.09 Å². The van der Waals surface area contributed by atoms with Crippen LogP contribution in [0.4, 0.5) is 16.2 Å². The van der Waals surface area contributed by atoms with Crippen molar-refractivity contribution in [2.24, 2.45) is 0 Å². The molecule has 0 saturated heterocycles. The molecule has 2 rings (SSSR count). The normalized spacial score (nSPS) is 16.5. The van der Waals surface area contributed by atoms with Crippen molar-refractivity contribution in [1.82, 2.24) is 0 Å². The Morgan fingerprint density at radius 2 is 1.72 bits per heavy atom. The molecule has 1 fully saturated rings. The van der Waals surface area contributed by atoms with Gasteiger partial charge in [0.05, 0.1) is 12.8 Å². The van der Waals surface area contributed by atoms with E-state index in [1.807, 2.05) is 39.0 Å². The molecule has 0 heterocycles. The first-order valence-corrected chi connectivity index (χ1v) is 9.32. The summed E-state index contributed by atoms with van der Waals surface area (Å²) in [6, 6.07) is 6.28. The number of ether oxygens (including phenoxy) is 2. The number of carbonyl (C=O) groups excluding carboxylic acids is 1. The van der Waals surface area contributed by atoms with Crippen LogP contribution >= 0.6 is 0 Å². The predicted molar refractivity (Wildman–Crippen MR) is 103 cm³/mol. The van der Waals surface area contributed by atoms with E-state index in [4.69, 9.17) is 9.47 Å². The van der Waals surface area contributed by atoms with Gasteiger partial charge < -0.3 is 14.8 Å². The largest absolute Gasteiger partial charge is 0.495 e. The molecule has 5 nitrogen and oxygen atoms in total. The van der Waals surface area contributed by atoms with E-state index in [2.05, 4.69) is 10.6 Å². The van der Waals surface area contributed by atoms with Gasteiger partial charge in [0, 0.05) is 11.7 Å². The van der Waals surface area contributed by atoms with E-state index >= 15 is 0 Å². The maximum Gasteiger partial charge on any atom is 0.412 e. The second-order valence-corrected chi connectivity index (χ2v) is 7.73. The maximum atomic E-state index is 12.1. The van der Waals surface area contributed by atoms with Crippen molar-refractivity contribution in [3.05, 3.63) is 18.2 Å². The van der Waals surface area contributed by atoms with Crippen LogP contribution in [-0.2, 0) is 4.74 Å². The van der Waals surface area contributed by atoms with Gasteiger partial charge in [0.1, 0.15) is 11.4 Å². The Hall–Kier alpha value is -1.91. The minimum absolute atomic E-state index is 0.478. The summed E-state index contributed by atoms with van der Waals surface area (Å²) in [6.45, 7) is 5.53. The monoisotopic (exact) mass is 348 g/mol. The fraction of sp³-hybridized carbons (Fsp3) is 0.650. The number of amides is 1. The molecule has 1 saturated carbocycles. The third kappa shape index (κ3) is 6.85. The lowest BCUT2D eigenvalue weighted by molar-refractivity contribution is 0.0635. The van der Waals surface area contributed by atoms with Crippen molar-refractivity contribution in [2.45, 2.75) is 77.4 Å². The van der Waals surface area contributed by atoms with Crippen LogP contribution in [0.1, 0.15) is 65.7 Å². The van der Waals surface area contributed by atoms with Crippen LogP contribution in [-0.4, -0.2) is 24.8 Å². The highest BCUT2D eigenvalue weighted by Crippen LogP contribution is 2.30. The zero-order valence-corrected chi connectivity index (χ0v) is 16.0. The molecule has 0 aromatic heterocycles. The fourth-order valence-corrected chi connectivity index (χ4v) is 3.15. The maximum absolute atomic E-state index is 12.1. The molecule has 5 heteroatoms. The molecule has 1 aliphatic carbocycles. The Morgan fingerprint density at radius 3 is 2.32 bits per heavy atom. The minimum Gasteiger partial charge on any atom is -0.495 e. The first-order chi connectivity index (χ1) is 11.9. The van der Waals surface area contributed by atoms with Gasteiger partial charge in [0.15, 0.2) is 0 Å². The average Bonchev–Trinajstić information content (AvgIpc) is 2.48. The van der Waals surface area contributed by atoms with Crippen molar-refractivity contribution in [2.75, 3.05) is 17.7 Å². The smallest absolute Gasteiger partial charge is 0.412 e. The third-order valence-corrected chi connectivity index (χ3v) is 4.31. The topological polar surface area (TPSA) is 59.6 Å². The molecule has 0 radical (unpaired) electrons. The zero-order chi connectivity index (χ0) is 18.3. The fourth-order valence-electron chi connectivity index (χ4n) is 3.15. The van der Waals surface area contributed by atoms with Crippen LogP contribution in [0.3, 0.4) is 0 Å². The predicted octanol–water partition coefficient (Wildman–Crippen LogP) is 5.57.